The van der Waals surface area contributed by atoms with Crippen LogP contribution in [0.1, 0.15) is 17.7 Å². The topological polar surface area (TPSA) is 71.2 Å². The number of nitrogens with zero attached hydrogens (tertiary/aromatic N) is 2. The summed E-state index contributed by atoms with van der Waals surface area (Å²) in [6.07, 6.45) is 2.82. The average Bonchev–Trinajstić information content (AvgIpc) is 3.04. The van der Waals surface area contributed by atoms with Gasteiger partial charge >= 0.3 is 0 Å². The van der Waals surface area contributed by atoms with Crippen LogP contribution in [0.25, 0.3) is 10.2 Å². The molecule has 0 aliphatic carbocycles. The van der Waals surface area contributed by atoms with Gasteiger partial charge in [0.15, 0.2) is 0 Å². The van der Waals surface area contributed by atoms with Gasteiger partial charge in [-0.05, 0) is 44.5 Å². The number of pyridine rings is 1. The zero-order valence-electron chi connectivity index (χ0n) is 12.1. The lowest BCUT2D eigenvalue weighted by Gasteiger charge is -2.51. The maximum atomic E-state index is 8.58. The van der Waals surface area contributed by atoms with E-state index >= 15 is 0 Å². The summed E-state index contributed by atoms with van der Waals surface area (Å²) in [5, 5.41) is 4.77. The Bertz CT molecular complexity index is 648. The van der Waals surface area contributed by atoms with Crippen LogP contribution in [-0.2, 0) is 4.79 Å². The van der Waals surface area contributed by atoms with Gasteiger partial charge in [0.25, 0.3) is 0 Å². The summed E-state index contributed by atoms with van der Waals surface area (Å²) in [5.74, 6) is 1.17. The second-order valence-electron chi connectivity index (χ2n) is 5.61. The Morgan fingerprint density at radius 1 is 1.48 bits per heavy atom. The van der Waals surface area contributed by atoms with Crippen molar-refractivity contribution < 1.29 is 4.79 Å². The van der Waals surface area contributed by atoms with Gasteiger partial charge in [0, 0.05) is 23.4 Å². The number of aryl methyl sites for hydroxylation is 1. The van der Waals surface area contributed by atoms with Crippen LogP contribution in [0.15, 0.2) is 18.2 Å². The van der Waals surface area contributed by atoms with E-state index in [0.717, 1.165) is 19.6 Å². The molecule has 2 aliphatic rings. The Morgan fingerprint density at radius 2 is 2.29 bits per heavy atom. The first-order valence-electron chi connectivity index (χ1n) is 7.19. The minimum Gasteiger partial charge on any atom is -0.372 e. The molecule has 2 aromatic rings. The number of nitrogens with one attached hydrogen (secondary N) is 1. The van der Waals surface area contributed by atoms with Crippen molar-refractivity contribution in [2.45, 2.75) is 25.3 Å². The van der Waals surface area contributed by atoms with E-state index in [-0.39, 0.29) is 6.41 Å². The summed E-state index contributed by atoms with van der Waals surface area (Å²) < 4.78 is 0. The van der Waals surface area contributed by atoms with Gasteiger partial charge in [-0.2, -0.15) is 0 Å². The Hall–Kier alpha value is -1.66. The molecule has 2 aliphatic heterocycles. The highest BCUT2D eigenvalue weighted by molar-refractivity contribution is 7.18. The predicted octanol–water partition coefficient (Wildman–Crippen LogP) is 1.65. The number of aromatic nitrogens is 1. The van der Waals surface area contributed by atoms with E-state index in [9.17, 15) is 0 Å². The van der Waals surface area contributed by atoms with Crippen molar-refractivity contribution in [1.82, 2.24) is 10.3 Å². The van der Waals surface area contributed by atoms with Crippen LogP contribution in [0.5, 0.6) is 0 Å². The second kappa shape index (κ2) is 5.61. The molecule has 0 aromatic carbocycles. The smallest absolute Gasteiger partial charge is 0.204 e. The number of fused-ring (bicyclic) bond motifs is 1. The van der Waals surface area contributed by atoms with Gasteiger partial charge in [0.2, 0.25) is 6.41 Å². The van der Waals surface area contributed by atoms with E-state index < -0.39 is 0 Å². The van der Waals surface area contributed by atoms with Gasteiger partial charge in [-0.1, -0.05) is 0 Å². The van der Waals surface area contributed by atoms with Crippen LogP contribution in [0.2, 0.25) is 0 Å². The highest BCUT2D eigenvalue weighted by Gasteiger charge is 2.47. The Balaban J connectivity index is 0.000000409. The van der Waals surface area contributed by atoms with Crippen LogP contribution < -0.4 is 16.0 Å². The largest absolute Gasteiger partial charge is 0.372 e. The van der Waals surface area contributed by atoms with Gasteiger partial charge in [0.05, 0.1) is 5.54 Å². The number of thiophene rings is 1. The molecule has 1 amide bonds. The molecule has 2 saturated heterocycles. The first-order valence-corrected chi connectivity index (χ1v) is 8.01. The second-order valence-corrected chi connectivity index (χ2v) is 6.84. The molecule has 1 spiro atoms. The lowest BCUT2D eigenvalue weighted by Crippen LogP contribution is -2.61. The van der Waals surface area contributed by atoms with E-state index in [1.165, 1.54) is 33.8 Å². The van der Waals surface area contributed by atoms with Gasteiger partial charge in [-0.3, -0.25) is 4.79 Å². The maximum absolute atomic E-state index is 8.58. The molecule has 0 bridgehead atoms. The molecule has 4 rings (SSSR count). The normalized spacial score (nSPS) is 23.8. The maximum Gasteiger partial charge on any atom is 0.204 e. The van der Waals surface area contributed by atoms with Crippen molar-refractivity contribution >= 4 is 33.8 Å². The summed E-state index contributed by atoms with van der Waals surface area (Å²) in [6, 6.07) is 6.63. The van der Waals surface area contributed by atoms with Gasteiger partial charge in [0.1, 0.15) is 10.6 Å². The number of primary amides is 1. The predicted molar refractivity (Wildman–Crippen MR) is 86.8 cm³/mol. The van der Waals surface area contributed by atoms with E-state index in [4.69, 9.17) is 9.78 Å². The number of hydrogen-bond acceptors (Lipinski definition) is 5. The molecule has 0 saturated carbocycles. The summed E-state index contributed by atoms with van der Waals surface area (Å²) in [6.45, 7) is 5.58. The molecule has 112 valence electrons. The molecule has 6 heteroatoms. The molecule has 21 heavy (non-hydrogen) atoms. The van der Waals surface area contributed by atoms with Crippen molar-refractivity contribution in [2.75, 3.05) is 24.5 Å². The molecular formula is C15H20N4OS. The highest BCUT2D eigenvalue weighted by Crippen LogP contribution is 2.40. The number of nitrogens with two attached hydrogens (primary N) is 1. The van der Waals surface area contributed by atoms with Crippen LogP contribution in [0.4, 0.5) is 5.82 Å². The SMILES string of the molecule is Cc1cc2ccc(N3CCC34CCNC4)nc2s1.NC=O. The summed E-state index contributed by atoms with van der Waals surface area (Å²) in [7, 11) is 0. The summed E-state index contributed by atoms with van der Waals surface area (Å²) in [5.41, 5.74) is 4.53. The zero-order valence-corrected chi connectivity index (χ0v) is 12.9. The van der Waals surface area contributed by atoms with Crippen LogP contribution >= 0.6 is 11.3 Å². The number of carbonyl (C=O) groups is 1. The third kappa shape index (κ3) is 2.49. The lowest BCUT2D eigenvalue weighted by atomic mass is 9.84. The number of hydrogen-bond donors (Lipinski definition) is 2. The molecule has 1 unspecified atom stereocenters. The third-order valence-electron chi connectivity index (χ3n) is 4.36. The fourth-order valence-electron chi connectivity index (χ4n) is 3.26. The van der Waals surface area contributed by atoms with Gasteiger partial charge < -0.3 is 16.0 Å². The van der Waals surface area contributed by atoms with E-state index in [1.807, 2.05) is 0 Å². The van der Waals surface area contributed by atoms with Crippen molar-refractivity contribution in [3.63, 3.8) is 0 Å². The van der Waals surface area contributed by atoms with Crippen molar-refractivity contribution in [3.8, 4) is 0 Å². The monoisotopic (exact) mass is 304 g/mol. The third-order valence-corrected chi connectivity index (χ3v) is 5.32. The zero-order chi connectivity index (χ0) is 14.9. The highest BCUT2D eigenvalue weighted by atomic mass is 32.1. The number of amides is 1. The van der Waals surface area contributed by atoms with E-state index in [0.29, 0.717) is 5.54 Å². The first kappa shape index (κ1) is 14.3. The van der Waals surface area contributed by atoms with Crippen molar-refractivity contribution in [1.29, 1.82) is 0 Å². The fourth-order valence-corrected chi connectivity index (χ4v) is 4.13. The van der Waals surface area contributed by atoms with E-state index in [2.05, 4.69) is 41.1 Å². The number of carbonyl (C=O) groups excluding carboxylic acids is 1. The van der Waals surface area contributed by atoms with Crippen molar-refractivity contribution in [2.24, 2.45) is 5.73 Å². The van der Waals surface area contributed by atoms with Crippen molar-refractivity contribution in [3.05, 3.63) is 23.1 Å². The summed E-state index contributed by atoms with van der Waals surface area (Å²) in [4.78, 5) is 18.5. The minimum atomic E-state index is 0.250. The molecule has 2 fully saturated rings. The minimum absolute atomic E-state index is 0.250. The van der Waals surface area contributed by atoms with Gasteiger partial charge in [-0.15, -0.1) is 11.3 Å². The van der Waals surface area contributed by atoms with Gasteiger partial charge in [-0.25, -0.2) is 4.98 Å². The van der Waals surface area contributed by atoms with Crippen LogP contribution in [0.3, 0.4) is 0 Å². The molecule has 4 heterocycles. The van der Waals surface area contributed by atoms with E-state index in [1.54, 1.807) is 11.3 Å². The molecule has 0 radical (unpaired) electrons. The molecule has 3 N–H and O–H groups in total. The molecular weight excluding hydrogens is 284 g/mol. The standard InChI is InChI=1S/C14H17N3S.CH3NO/c1-10-8-11-2-3-12(16-13(11)18-10)17-7-5-14(17)4-6-15-9-14;2-1-3/h2-3,8,15H,4-7,9H2,1H3;1H,(H2,2,3). The average molecular weight is 304 g/mol. The molecule has 1 atom stereocenters. The molecule has 2 aromatic heterocycles. The van der Waals surface area contributed by atoms with Crippen LogP contribution in [-0.4, -0.2) is 36.6 Å². The fraction of sp³-hybridized carbons (Fsp3) is 0.467. The first-order chi connectivity index (χ1) is 10.2. The molecule has 5 nitrogen and oxygen atoms in total. The number of rotatable bonds is 1. The Labute approximate surface area is 128 Å². The Kier molecular flexibility index (Phi) is 3.82. The summed E-state index contributed by atoms with van der Waals surface area (Å²) >= 11 is 1.80. The Morgan fingerprint density at radius 3 is 2.90 bits per heavy atom. The quantitative estimate of drug-likeness (QED) is 0.786. The lowest BCUT2D eigenvalue weighted by molar-refractivity contribution is -0.106. The van der Waals surface area contributed by atoms with Crippen LogP contribution in [0, 0.1) is 6.92 Å². The number of anilines is 1.